The number of hydrogen-bond acceptors (Lipinski definition) is 1. The molecule has 0 aliphatic carbocycles. The summed E-state index contributed by atoms with van der Waals surface area (Å²) in [5, 5.41) is 0. The molecule has 0 spiro atoms. The second-order valence-corrected chi connectivity index (χ2v) is 2.10. The molecule has 1 saturated heterocycles. The zero-order valence-electron chi connectivity index (χ0n) is 6.42. The summed E-state index contributed by atoms with van der Waals surface area (Å²) in [6.07, 6.45) is 0. The van der Waals surface area contributed by atoms with Crippen LogP contribution in [0.25, 0.3) is 5.73 Å². The minimum atomic E-state index is 0. The van der Waals surface area contributed by atoms with Gasteiger partial charge in [-0.05, 0) is 7.05 Å². The topological polar surface area (TPSA) is 27.0 Å². The van der Waals surface area contributed by atoms with Crippen LogP contribution in [-0.4, -0.2) is 31.6 Å². The van der Waals surface area contributed by atoms with Gasteiger partial charge in [-0.2, -0.15) is 0 Å². The summed E-state index contributed by atoms with van der Waals surface area (Å²) in [5.74, 6) is 1.36. The van der Waals surface area contributed by atoms with Gasteiger partial charge in [-0.3, -0.25) is 6.54 Å². The van der Waals surface area contributed by atoms with Gasteiger partial charge in [0.1, 0.15) is 0 Å². The van der Waals surface area contributed by atoms with Crippen molar-refractivity contribution in [2.24, 2.45) is 0 Å². The summed E-state index contributed by atoms with van der Waals surface area (Å²) in [4.78, 5) is 2.20. The maximum atomic E-state index is 6.89. The standard InChI is InChI=1S/C5H10N2.CH4.CH3.V.W/c1-7-3-5(2-6)4-7;;;;/h6H,2-4H2,1H3;1H4;1H3;;/q-2;;-1;;+2. The van der Waals surface area contributed by atoms with Crippen LogP contribution >= 0.6 is 0 Å². The summed E-state index contributed by atoms with van der Waals surface area (Å²) in [5.41, 5.74) is 6.89. The van der Waals surface area contributed by atoms with Crippen LogP contribution in [0.1, 0.15) is 7.43 Å². The zero-order valence-corrected chi connectivity index (χ0v) is 10.8. The predicted molar refractivity (Wildman–Crippen MR) is 43.1 cm³/mol. The monoisotopic (exact) mass is 364 g/mol. The fourth-order valence-corrected chi connectivity index (χ4v) is 0.829. The molecule has 0 saturated carbocycles. The largest absolute Gasteiger partial charge is 2.00 e. The predicted octanol–water partition coefficient (Wildman–Crippen LogP) is 1.64. The third-order valence-electron chi connectivity index (χ3n) is 1.24. The Morgan fingerprint density at radius 1 is 1.45 bits per heavy atom. The maximum Gasteiger partial charge on any atom is 2.00 e. The van der Waals surface area contributed by atoms with Gasteiger partial charge in [0.15, 0.2) is 0 Å². The van der Waals surface area contributed by atoms with Crippen molar-refractivity contribution in [2.45, 2.75) is 7.43 Å². The SMILES string of the molecule is C.CN1C[C-](C[NH-])C1.[CH3-].[V].[W+2]. The summed E-state index contributed by atoms with van der Waals surface area (Å²) < 4.78 is 0. The first kappa shape index (κ1) is 22.8. The second kappa shape index (κ2) is 11.2. The summed E-state index contributed by atoms with van der Waals surface area (Å²) >= 11 is 0. The Balaban J connectivity index is -0.0000000612. The molecule has 67 valence electrons. The molecule has 0 aromatic heterocycles. The molecule has 1 fully saturated rings. The molecule has 1 rings (SSSR count). The van der Waals surface area contributed by atoms with Crippen LogP contribution < -0.4 is 0 Å². The van der Waals surface area contributed by atoms with Crippen LogP contribution in [0.3, 0.4) is 0 Å². The van der Waals surface area contributed by atoms with Crippen molar-refractivity contribution in [2.75, 3.05) is 26.7 Å². The van der Waals surface area contributed by atoms with Crippen molar-refractivity contribution in [1.29, 1.82) is 0 Å². The molecule has 1 aliphatic rings. The molecule has 1 N–H and O–H groups in total. The van der Waals surface area contributed by atoms with Crippen molar-refractivity contribution in [1.82, 2.24) is 4.90 Å². The van der Waals surface area contributed by atoms with Crippen molar-refractivity contribution in [3.63, 3.8) is 0 Å². The zero-order chi connectivity index (χ0) is 5.28. The van der Waals surface area contributed by atoms with E-state index in [4.69, 9.17) is 5.73 Å². The number of likely N-dealkylation sites (tertiary alicyclic amines) is 1. The Bertz CT molecular complexity index is 67.5. The fraction of sp³-hybridized carbons (Fsp3) is 0.714. The van der Waals surface area contributed by atoms with Gasteiger partial charge >= 0.3 is 21.1 Å². The quantitative estimate of drug-likeness (QED) is 0.651. The third-order valence-corrected chi connectivity index (χ3v) is 1.24. The molecule has 0 aromatic carbocycles. The van der Waals surface area contributed by atoms with Gasteiger partial charge in [0.05, 0.1) is 0 Å². The van der Waals surface area contributed by atoms with Gasteiger partial charge in [-0.25, -0.2) is 0 Å². The van der Waals surface area contributed by atoms with E-state index in [1.807, 2.05) is 0 Å². The molecule has 0 atom stereocenters. The second-order valence-electron chi connectivity index (χ2n) is 2.10. The van der Waals surface area contributed by atoms with Crippen molar-refractivity contribution >= 4 is 0 Å². The van der Waals surface area contributed by atoms with Gasteiger partial charge in [0, 0.05) is 18.6 Å². The molecule has 4 heteroatoms. The van der Waals surface area contributed by atoms with Gasteiger partial charge < -0.3 is 24.0 Å². The Hall–Kier alpha value is 1.19. The molecule has 1 radical (unpaired) electrons. The summed E-state index contributed by atoms with van der Waals surface area (Å²) in [7, 11) is 2.07. The molecule has 0 aromatic rings. The molecule has 1 heterocycles. The summed E-state index contributed by atoms with van der Waals surface area (Å²) in [6, 6.07) is 0. The first-order valence-corrected chi connectivity index (χ1v) is 2.49. The Labute approximate surface area is 97.4 Å². The van der Waals surface area contributed by atoms with E-state index in [0.29, 0.717) is 6.54 Å². The molecule has 11 heavy (non-hydrogen) atoms. The Morgan fingerprint density at radius 2 is 1.82 bits per heavy atom. The number of nitrogens with zero attached hydrogens (tertiary/aromatic N) is 1. The average Bonchev–Trinajstić information content (AvgIpc) is 1.58. The molecular weight excluding hydrogens is 347 g/mol. The number of nitrogens with one attached hydrogen (secondary N) is 1. The minimum absolute atomic E-state index is 0. The van der Waals surface area contributed by atoms with E-state index in [-0.39, 0.29) is 54.5 Å². The van der Waals surface area contributed by atoms with E-state index in [1.54, 1.807) is 0 Å². The van der Waals surface area contributed by atoms with Crippen LogP contribution in [0.15, 0.2) is 0 Å². The van der Waals surface area contributed by atoms with E-state index in [0.717, 1.165) is 13.1 Å². The Morgan fingerprint density at radius 3 is 1.91 bits per heavy atom. The normalized spacial score (nSPS) is 15.8. The van der Waals surface area contributed by atoms with E-state index in [1.165, 1.54) is 5.92 Å². The smallest absolute Gasteiger partial charge is 0.703 e. The number of hydrogen-bond donors (Lipinski definition) is 0. The minimum Gasteiger partial charge on any atom is -0.703 e. The first-order valence-electron chi connectivity index (χ1n) is 2.49. The van der Waals surface area contributed by atoms with Crippen molar-refractivity contribution < 1.29 is 39.6 Å². The van der Waals surface area contributed by atoms with Crippen LogP contribution in [-0.2, 0) is 39.6 Å². The number of rotatable bonds is 1. The van der Waals surface area contributed by atoms with Crippen LogP contribution in [0, 0.1) is 13.3 Å². The maximum absolute atomic E-state index is 6.89. The van der Waals surface area contributed by atoms with Crippen molar-refractivity contribution in [3.8, 4) is 0 Å². The van der Waals surface area contributed by atoms with Crippen molar-refractivity contribution in [3.05, 3.63) is 19.1 Å². The van der Waals surface area contributed by atoms with Crippen LogP contribution in [0.4, 0.5) is 0 Å². The third kappa shape index (κ3) is 7.55. The molecule has 1 aliphatic heterocycles. The van der Waals surface area contributed by atoms with E-state index in [9.17, 15) is 0 Å². The Kier molecular flexibility index (Phi) is 23.2. The van der Waals surface area contributed by atoms with Gasteiger partial charge in [-0.1, -0.05) is 7.43 Å². The first-order chi connectivity index (χ1) is 3.33. The molecule has 0 unspecified atom stereocenters. The van der Waals surface area contributed by atoms with E-state index < -0.39 is 0 Å². The molecular formula is C7H17N2VW-. The van der Waals surface area contributed by atoms with E-state index in [2.05, 4.69) is 11.9 Å². The van der Waals surface area contributed by atoms with E-state index >= 15 is 0 Å². The molecule has 0 bridgehead atoms. The fourth-order valence-electron chi connectivity index (χ4n) is 0.829. The molecule has 2 nitrogen and oxygen atoms in total. The van der Waals surface area contributed by atoms with Gasteiger partial charge in [0.2, 0.25) is 0 Å². The average molecular weight is 364 g/mol. The van der Waals surface area contributed by atoms with Crippen LogP contribution in [0.5, 0.6) is 0 Å². The van der Waals surface area contributed by atoms with Crippen LogP contribution in [0.2, 0.25) is 0 Å². The molecule has 0 amide bonds. The van der Waals surface area contributed by atoms with Gasteiger partial charge in [-0.15, -0.1) is 13.1 Å². The summed E-state index contributed by atoms with van der Waals surface area (Å²) in [6.45, 7) is 2.65. The van der Waals surface area contributed by atoms with Gasteiger partial charge in [0.25, 0.3) is 0 Å².